The molecule has 4 rings (SSSR count). The number of carbonyl (C=O) groups excluding carboxylic acids is 1. The summed E-state index contributed by atoms with van der Waals surface area (Å²) in [7, 11) is 3.60. The number of anilines is 4. The molecule has 1 amide bonds. The minimum absolute atomic E-state index is 0.0189. The highest BCUT2D eigenvalue weighted by Crippen LogP contribution is 2.36. The van der Waals surface area contributed by atoms with E-state index in [1.165, 1.54) is 0 Å². The lowest BCUT2D eigenvalue weighted by Gasteiger charge is -2.40. The van der Waals surface area contributed by atoms with Crippen LogP contribution in [0.1, 0.15) is 29.8 Å². The average molecular weight is 444 g/mol. The zero-order valence-electron chi connectivity index (χ0n) is 18.6. The van der Waals surface area contributed by atoms with Crippen molar-refractivity contribution in [2.24, 2.45) is 0 Å². The van der Waals surface area contributed by atoms with Crippen LogP contribution >= 0.6 is 11.6 Å². The van der Waals surface area contributed by atoms with Gasteiger partial charge in [-0.2, -0.15) is 4.98 Å². The number of fused-ring (bicyclic) bond motifs is 1. The SMILES string of the molecule is CNc1ncc(Cl)c(Nc2ccc(N3CCN(C(C)C)CC3)c3c2C(=O)N(C)CC3)n1. The van der Waals surface area contributed by atoms with E-state index in [0.29, 0.717) is 34.9 Å². The number of aromatic nitrogens is 2. The number of benzene rings is 1. The quantitative estimate of drug-likeness (QED) is 0.735. The summed E-state index contributed by atoms with van der Waals surface area (Å²) in [6.07, 6.45) is 2.37. The standard InChI is InChI=1S/C22H30ClN7O/c1-14(2)29-9-11-30(12-10-29)18-6-5-17(19-15(18)7-8-28(4)21(19)31)26-20-16(23)13-25-22(24-3)27-20/h5-6,13-14H,7-12H2,1-4H3,(H2,24,25,26,27). The van der Waals surface area contributed by atoms with Crippen LogP contribution in [0.4, 0.5) is 23.1 Å². The van der Waals surface area contributed by atoms with E-state index < -0.39 is 0 Å². The van der Waals surface area contributed by atoms with Crippen LogP contribution in [0.25, 0.3) is 0 Å². The van der Waals surface area contributed by atoms with Crippen LogP contribution in [-0.4, -0.2) is 78.5 Å². The van der Waals surface area contributed by atoms with Crippen molar-refractivity contribution < 1.29 is 4.79 Å². The summed E-state index contributed by atoms with van der Waals surface area (Å²) in [6, 6.07) is 4.65. The van der Waals surface area contributed by atoms with Crippen molar-refractivity contribution in [3.8, 4) is 0 Å². The largest absolute Gasteiger partial charge is 0.369 e. The van der Waals surface area contributed by atoms with Crippen LogP contribution in [0.15, 0.2) is 18.3 Å². The fourth-order valence-corrected chi connectivity index (χ4v) is 4.43. The molecule has 1 saturated heterocycles. The maximum absolute atomic E-state index is 13.2. The summed E-state index contributed by atoms with van der Waals surface area (Å²) >= 11 is 6.32. The summed E-state index contributed by atoms with van der Waals surface area (Å²) < 4.78 is 0. The highest BCUT2D eigenvalue weighted by atomic mass is 35.5. The summed E-state index contributed by atoms with van der Waals surface area (Å²) in [5, 5.41) is 6.60. The molecule has 2 aromatic rings. The average Bonchev–Trinajstić information content (AvgIpc) is 2.77. The lowest BCUT2D eigenvalue weighted by atomic mass is 9.94. The summed E-state index contributed by atoms with van der Waals surface area (Å²) in [5.41, 5.74) is 3.69. The number of nitrogens with one attached hydrogen (secondary N) is 2. The first-order valence-electron chi connectivity index (χ1n) is 10.8. The number of likely N-dealkylation sites (N-methyl/N-ethyl adjacent to an activating group) is 1. The van der Waals surface area contributed by atoms with Crippen LogP contribution in [0, 0.1) is 0 Å². The fraction of sp³-hybridized carbons (Fsp3) is 0.500. The van der Waals surface area contributed by atoms with Gasteiger partial charge in [-0.15, -0.1) is 0 Å². The second kappa shape index (κ2) is 8.88. The number of nitrogens with zero attached hydrogens (tertiary/aromatic N) is 5. The maximum Gasteiger partial charge on any atom is 0.256 e. The van der Waals surface area contributed by atoms with Gasteiger partial charge in [-0.05, 0) is 38.0 Å². The molecule has 3 heterocycles. The lowest BCUT2D eigenvalue weighted by molar-refractivity contribution is 0.0782. The molecule has 2 aliphatic rings. The first-order chi connectivity index (χ1) is 14.9. The summed E-state index contributed by atoms with van der Waals surface area (Å²) in [6.45, 7) is 9.18. The normalized spacial score (nSPS) is 17.2. The van der Waals surface area contributed by atoms with Gasteiger partial charge in [0.25, 0.3) is 5.91 Å². The Morgan fingerprint density at radius 1 is 1.13 bits per heavy atom. The van der Waals surface area contributed by atoms with Gasteiger partial charge in [0.15, 0.2) is 5.82 Å². The molecule has 0 spiro atoms. The summed E-state index contributed by atoms with van der Waals surface area (Å²) in [4.78, 5) is 28.4. The zero-order valence-corrected chi connectivity index (χ0v) is 19.3. The number of piperazine rings is 1. The molecule has 2 N–H and O–H groups in total. The molecule has 1 aromatic carbocycles. The number of rotatable bonds is 5. The van der Waals surface area contributed by atoms with Crippen LogP contribution in [0.2, 0.25) is 5.02 Å². The third-order valence-corrected chi connectivity index (χ3v) is 6.43. The molecule has 0 atom stereocenters. The molecule has 8 nitrogen and oxygen atoms in total. The minimum atomic E-state index is 0.0189. The van der Waals surface area contributed by atoms with Crippen molar-refractivity contribution in [1.29, 1.82) is 0 Å². The zero-order chi connectivity index (χ0) is 22.1. The number of hydrogen-bond acceptors (Lipinski definition) is 7. The molecule has 9 heteroatoms. The Morgan fingerprint density at radius 3 is 2.55 bits per heavy atom. The predicted octanol–water partition coefficient (Wildman–Crippen LogP) is 3.07. The number of amides is 1. The molecular weight excluding hydrogens is 414 g/mol. The van der Waals surface area contributed by atoms with E-state index in [9.17, 15) is 4.79 Å². The highest BCUT2D eigenvalue weighted by Gasteiger charge is 2.30. The lowest BCUT2D eigenvalue weighted by Crippen LogP contribution is -2.49. The monoisotopic (exact) mass is 443 g/mol. The minimum Gasteiger partial charge on any atom is -0.369 e. The van der Waals surface area contributed by atoms with Gasteiger partial charge in [-0.3, -0.25) is 9.69 Å². The summed E-state index contributed by atoms with van der Waals surface area (Å²) in [5.74, 6) is 0.955. The number of halogens is 1. The van der Waals surface area contributed by atoms with Crippen LogP contribution < -0.4 is 15.5 Å². The molecule has 0 bridgehead atoms. The van der Waals surface area contributed by atoms with Gasteiger partial charge in [0.1, 0.15) is 5.02 Å². The van der Waals surface area contributed by atoms with Crippen LogP contribution in [0.5, 0.6) is 0 Å². The Hall–Kier alpha value is -2.58. The Bertz CT molecular complexity index is 973. The van der Waals surface area contributed by atoms with Gasteiger partial charge in [-0.25, -0.2) is 4.98 Å². The van der Waals surface area contributed by atoms with E-state index in [4.69, 9.17) is 11.6 Å². The highest BCUT2D eigenvalue weighted by molar-refractivity contribution is 6.33. The number of carbonyl (C=O) groups is 1. The van der Waals surface area contributed by atoms with Gasteiger partial charge in [-0.1, -0.05) is 11.6 Å². The van der Waals surface area contributed by atoms with Crippen LogP contribution in [0.3, 0.4) is 0 Å². The van der Waals surface area contributed by atoms with Crippen molar-refractivity contribution in [2.75, 3.05) is 62.4 Å². The van der Waals surface area contributed by atoms with Gasteiger partial charge in [0.05, 0.1) is 17.4 Å². The van der Waals surface area contributed by atoms with Crippen molar-refractivity contribution in [1.82, 2.24) is 19.8 Å². The molecule has 0 saturated carbocycles. The second-order valence-electron chi connectivity index (χ2n) is 8.34. The molecule has 0 unspecified atom stereocenters. The molecule has 166 valence electrons. The van der Waals surface area contributed by atoms with E-state index in [1.54, 1.807) is 18.1 Å². The molecule has 0 aliphatic carbocycles. The first kappa shape index (κ1) is 21.6. The van der Waals surface area contributed by atoms with E-state index in [1.807, 2.05) is 13.1 Å². The van der Waals surface area contributed by atoms with Crippen LogP contribution in [-0.2, 0) is 6.42 Å². The Kier molecular flexibility index (Phi) is 6.20. The molecule has 1 fully saturated rings. The third kappa shape index (κ3) is 4.27. The number of hydrogen-bond donors (Lipinski definition) is 2. The van der Waals surface area contributed by atoms with Gasteiger partial charge in [0, 0.05) is 58.5 Å². The fourth-order valence-electron chi connectivity index (χ4n) is 4.29. The Labute approximate surface area is 188 Å². The molecule has 1 aromatic heterocycles. The molecule has 0 radical (unpaired) electrons. The van der Waals surface area contributed by atoms with Gasteiger partial charge in [0.2, 0.25) is 5.95 Å². The van der Waals surface area contributed by atoms with Crippen molar-refractivity contribution in [3.63, 3.8) is 0 Å². The Balaban J connectivity index is 1.70. The van der Waals surface area contributed by atoms with E-state index in [-0.39, 0.29) is 5.91 Å². The topological polar surface area (TPSA) is 76.6 Å². The molecule has 2 aliphatic heterocycles. The van der Waals surface area contributed by atoms with E-state index in [0.717, 1.165) is 49.5 Å². The molecular formula is C22H30ClN7O. The van der Waals surface area contributed by atoms with Crippen molar-refractivity contribution >= 4 is 40.6 Å². The maximum atomic E-state index is 13.2. The van der Waals surface area contributed by atoms with E-state index in [2.05, 4.69) is 50.3 Å². The van der Waals surface area contributed by atoms with Crippen molar-refractivity contribution in [3.05, 3.63) is 34.5 Å². The first-order valence-corrected chi connectivity index (χ1v) is 11.1. The van der Waals surface area contributed by atoms with E-state index >= 15 is 0 Å². The second-order valence-corrected chi connectivity index (χ2v) is 8.75. The van der Waals surface area contributed by atoms with Gasteiger partial charge >= 0.3 is 0 Å². The predicted molar refractivity (Wildman–Crippen MR) is 126 cm³/mol. The Morgan fingerprint density at radius 2 is 1.87 bits per heavy atom. The van der Waals surface area contributed by atoms with Crippen molar-refractivity contribution in [2.45, 2.75) is 26.3 Å². The van der Waals surface area contributed by atoms with Gasteiger partial charge < -0.3 is 20.4 Å². The smallest absolute Gasteiger partial charge is 0.256 e. The third-order valence-electron chi connectivity index (χ3n) is 6.15. The molecule has 31 heavy (non-hydrogen) atoms.